The van der Waals surface area contributed by atoms with Gasteiger partial charge in [-0.2, -0.15) is 0 Å². The van der Waals surface area contributed by atoms with Crippen LogP contribution in [0, 0.1) is 5.41 Å². The molecule has 1 atom stereocenters. The first kappa shape index (κ1) is 20.4. The molecule has 0 spiro atoms. The van der Waals surface area contributed by atoms with Crippen molar-refractivity contribution < 1.29 is 9.59 Å². The predicted octanol–water partition coefficient (Wildman–Crippen LogP) is 5.16. The van der Waals surface area contributed by atoms with Gasteiger partial charge in [-0.05, 0) is 59.7 Å². The first-order valence-corrected chi connectivity index (χ1v) is 9.99. The molecule has 2 aromatic rings. The third kappa shape index (κ3) is 4.74. The maximum Gasteiger partial charge on any atom is 0.251 e. The van der Waals surface area contributed by atoms with Gasteiger partial charge in [0.25, 0.3) is 5.91 Å². The van der Waals surface area contributed by atoms with E-state index in [-0.39, 0.29) is 23.3 Å². The van der Waals surface area contributed by atoms with Gasteiger partial charge in [0, 0.05) is 29.7 Å². The van der Waals surface area contributed by atoms with E-state index in [4.69, 9.17) is 11.6 Å². The molecule has 0 bridgehead atoms. The Balaban J connectivity index is 1.82. The van der Waals surface area contributed by atoms with Crippen LogP contribution in [0.1, 0.15) is 61.6 Å². The van der Waals surface area contributed by atoms with Gasteiger partial charge in [0.05, 0.1) is 6.04 Å². The van der Waals surface area contributed by atoms with Crippen LogP contribution < -0.4 is 10.2 Å². The Morgan fingerprint density at radius 2 is 1.82 bits per heavy atom. The molecular weight excluding hydrogens is 372 g/mol. The molecule has 3 rings (SSSR count). The maximum absolute atomic E-state index is 13.0. The number of nitrogens with one attached hydrogen (secondary N) is 1. The quantitative estimate of drug-likeness (QED) is 0.773. The second-order valence-corrected chi connectivity index (χ2v) is 9.04. The number of carbonyl (C=O) groups is 2. The Morgan fingerprint density at radius 3 is 2.43 bits per heavy atom. The van der Waals surface area contributed by atoms with Crippen LogP contribution in [-0.4, -0.2) is 18.4 Å². The molecule has 28 heavy (non-hydrogen) atoms. The van der Waals surface area contributed by atoms with Gasteiger partial charge in [0.1, 0.15) is 0 Å². The predicted molar refractivity (Wildman–Crippen MR) is 114 cm³/mol. The zero-order valence-electron chi connectivity index (χ0n) is 16.9. The lowest BCUT2D eigenvalue weighted by atomic mass is 9.85. The topological polar surface area (TPSA) is 49.4 Å². The molecule has 1 N–H and O–H groups in total. The molecule has 1 heterocycles. The van der Waals surface area contributed by atoms with Gasteiger partial charge in [-0.25, -0.2) is 0 Å². The van der Waals surface area contributed by atoms with Crippen molar-refractivity contribution in [2.45, 2.75) is 46.6 Å². The molecule has 0 aromatic heterocycles. The maximum atomic E-state index is 13.0. The highest BCUT2D eigenvalue weighted by molar-refractivity contribution is 6.30. The SMILES string of the molecule is CC(=O)N1CCc2cc(C(=O)N[C@H](CC(C)(C)C)c3ccc(Cl)cc3)ccc21. The minimum Gasteiger partial charge on any atom is -0.345 e. The molecule has 0 unspecified atom stereocenters. The fourth-order valence-corrected chi connectivity index (χ4v) is 3.80. The lowest BCUT2D eigenvalue weighted by Crippen LogP contribution is -2.31. The van der Waals surface area contributed by atoms with Gasteiger partial charge in [0.2, 0.25) is 5.91 Å². The van der Waals surface area contributed by atoms with Gasteiger partial charge in [-0.15, -0.1) is 0 Å². The van der Waals surface area contributed by atoms with Crippen LogP contribution in [0.25, 0.3) is 0 Å². The highest BCUT2D eigenvalue weighted by atomic mass is 35.5. The van der Waals surface area contributed by atoms with Gasteiger partial charge >= 0.3 is 0 Å². The molecule has 148 valence electrons. The van der Waals surface area contributed by atoms with Crippen molar-refractivity contribution in [3.63, 3.8) is 0 Å². The van der Waals surface area contributed by atoms with Crippen molar-refractivity contribution in [3.8, 4) is 0 Å². The number of hydrogen-bond acceptors (Lipinski definition) is 2. The lowest BCUT2D eigenvalue weighted by Gasteiger charge is -2.27. The van der Waals surface area contributed by atoms with Crippen LogP contribution in [-0.2, 0) is 11.2 Å². The van der Waals surface area contributed by atoms with Crippen LogP contribution in [0.3, 0.4) is 0 Å². The number of nitrogens with zero attached hydrogens (tertiary/aromatic N) is 1. The monoisotopic (exact) mass is 398 g/mol. The summed E-state index contributed by atoms with van der Waals surface area (Å²) in [4.78, 5) is 26.5. The van der Waals surface area contributed by atoms with E-state index in [1.807, 2.05) is 36.4 Å². The molecule has 2 aromatic carbocycles. The fraction of sp³-hybridized carbons (Fsp3) is 0.391. The summed E-state index contributed by atoms with van der Waals surface area (Å²) in [6, 6.07) is 13.1. The first-order chi connectivity index (χ1) is 13.1. The van der Waals surface area contributed by atoms with E-state index in [2.05, 4.69) is 26.1 Å². The Morgan fingerprint density at radius 1 is 1.14 bits per heavy atom. The van der Waals surface area contributed by atoms with Crippen molar-refractivity contribution >= 4 is 29.1 Å². The summed E-state index contributed by atoms with van der Waals surface area (Å²) in [6.45, 7) is 8.72. The second-order valence-electron chi connectivity index (χ2n) is 8.61. The molecule has 1 aliphatic rings. The fourth-order valence-electron chi connectivity index (χ4n) is 3.67. The van der Waals surface area contributed by atoms with Crippen molar-refractivity contribution in [1.82, 2.24) is 5.32 Å². The van der Waals surface area contributed by atoms with Crippen LogP contribution in [0.4, 0.5) is 5.69 Å². The average Bonchev–Trinajstić information content (AvgIpc) is 3.04. The van der Waals surface area contributed by atoms with E-state index in [0.29, 0.717) is 17.1 Å². The van der Waals surface area contributed by atoms with Crippen LogP contribution in [0.2, 0.25) is 5.02 Å². The number of carbonyl (C=O) groups excluding carboxylic acids is 2. The number of halogens is 1. The molecular formula is C23H27ClN2O2. The van der Waals surface area contributed by atoms with E-state index >= 15 is 0 Å². The molecule has 1 aliphatic heterocycles. The molecule has 0 radical (unpaired) electrons. The van der Waals surface area contributed by atoms with Crippen molar-refractivity contribution in [2.75, 3.05) is 11.4 Å². The summed E-state index contributed by atoms with van der Waals surface area (Å²) in [5, 5.41) is 3.87. The number of fused-ring (bicyclic) bond motifs is 1. The van der Waals surface area contributed by atoms with Crippen molar-refractivity contribution in [2.24, 2.45) is 5.41 Å². The largest absolute Gasteiger partial charge is 0.345 e. The van der Waals surface area contributed by atoms with E-state index < -0.39 is 0 Å². The molecule has 2 amide bonds. The van der Waals surface area contributed by atoms with E-state index in [1.165, 1.54) is 0 Å². The molecule has 0 saturated heterocycles. The third-order valence-corrected chi connectivity index (χ3v) is 5.26. The van der Waals surface area contributed by atoms with Crippen molar-refractivity contribution in [1.29, 1.82) is 0 Å². The zero-order chi connectivity index (χ0) is 20.5. The van der Waals surface area contributed by atoms with E-state index in [9.17, 15) is 9.59 Å². The molecule has 4 nitrogen and oxygen atoms in total. The van der Waals surface area contributed by atoms with Crippen LogP contribution in [0.5, 0.6) is 0 Å². The molecule has 0 fully saturated rings. The minimum absolute atomic E-state index is 0.0314. The number of anilines is 1. The van der Waals surface area contributed by atoms with Gasteiger partial charge in [-0.1, -0.05) is 44.5 Å². The third-order valence-electron chi connectivity index (χ3n) is 5.01. The summed E-state index contributed by atoms with van der Waals surface area (Å²) >= 11 is 6.02. The Bertz CT molecular complexity index is 884. The van der Waals surface area contributed by atoms with Crippen molar-refractivity contribution in [3.05, 3.63) is 64.2 Å². The normalized spacial score (nSPS) is 14.5. The van der Waals surface area contributed by atoms with E-state index in [0.717, 1.165) is 29.7 Å². The van der Waals surface area contributed by atoms with Crippen LogP contribution in [0.15, 0.2) is 42.5 Å². The average molecular weight is 399 g/mol. The van der Waals surface area contributed by atoms with Gasteiger partial charge in [-0.3, -0.25) is 9.59 Å². The lowest BCUT2D eigenvalue weighted by molar-refractivity contribution is -0.116. The summed E-state index contributed by atoms with van der Waals surface area (Å²) in [6.07, 6.45) is 1.59. The zero-order valence-corrected chi connectivity index (χ0v) is 17.6. The summed E-state index contributed by atoms with van der Waals surface area (Å²) < 4.78 is 0. The second kappa shape index (κ2) is 7.96. The Hall–Kier alpha value is -2.33. The summed E-state index contributed by atoms with van der Waals surface area (Å²) in [5.41, 5.74) is 3.67. The highest BCUT2D eigenvalue weighted by Gasteiger charge is 2.25. The molecule has 5 heteroatoms. The summed E-state index contributed by atoms with van der Waals surface area (Å²) in [5.74, 6) is -0.0720. The minimum atomic E-state index is -0.105. The van der Waals surface area contributed by atoms with Gasteiger partial charge < -0.3 is 10.2 Å². The Labute approximate surface area is 171 Å². The number of rotatable bonds is 4. The van der Waals surface area contributed by atoms with Gasteiger partial charge in [0.15, 0.2) is 0 Å². The number of hydrogen-bond donors (Lipinski definition) is 1. The summed E-state index contributed by atoms with van der Waals surface area (Å²) in [7, 11) is 0. The van der Waals surface area contributed by atoms with E-state index in [1.54, 1.807) is 17.9 Å². The number of amides is 2. The molecule has 0 aliphatic carbocycles. The standard InChI is InChI=1S/C23H27ClN2O2/c1-15(27)26-12-11-17-13-18(7-10-21(17)26)22(28)25-20(14-23(2,3)4)16-5-8-19(24)9-6-16/h5-10,13,20H,11-12,14H2,1-4H3,(H,25,28)/t20-/m1/s1. The smallest absolute Gasteiger partial charge is 0.251 e. The molecule has 0 saturated carbocycles. The van der Waals surface area contributed by atoms with Crippen LogP contribution >= 0.6 is 11.6 Å². The number of benzene rings is 2. The Kier molecular flexibility index (Phi) is 5.80. The highest BCUT2D eigenvalue weighted by Crippen LogP contribution is 2.32. The first-order valence-electron chi connectivity index (χ1n) is 9.61.